The summed E-state index contributed by atoms with van der Waals surface area (Å²) in [7, 11) is 0. The van der Waals surface area contributed by atoms with Crippen LogP contribution in [0.25, 0.3) is 0 Å². The average Bonchev–Trinajstić information content (AvgIpc) is 3.30. The standard InChI is InChI=1S/C22H22N2O4/c1-11-8-16(24(27)28)10-17-18-14-6-7-15(9-14)19(18)21(23-20(11)17)12-2-4-13(5-3-12)22(25)26/h2-5,8,10,14-15,18-19,21,23H,6-7,9H2,1H3,(H,25,26)/t14-,15-,18+,19+,21+/m0/s1. The van der Waals surface area contributed by atoms with Crippen molar-refractivity contribution in [2.75, 3.05) is 5.32 Å². The Hall–Kier alpha value is -2.89. The van der Waals surface area contributed by atoms with Gasteiger partial charge in [-0.05, 0) is 78.7 Å². The number of nitrogens with one attached hydrogen (secondary N) is 1. The number of benzene rings is 2. The molecule has 2 aromatic carbocycles. The highest BCUT2D eigenvalue weighted by atomic mass is 16.6. The number of nitro groups is 1. The smallest absolute Gasteiger partial charge is 0.335 e. The molecule has 2 bridgehead atoms. The number of aryl methyl sites for hydroxylation is 1. The summed E-state index contributed by atoms with van der Waals surface area (Å²) in [6, 6.07) is 10.7. The van der Waals surface area contributed by atoms with Crippen LogP contribution in [-0.2, 0) is 0 Å². The van der Waals surface area contributed by atoms with Gasteiger partial charge in [0.15, 0.2) is 0 Å². The lowest BCUT2D eigenvalue weighted by Crippen LogP contribution is -2.35. The summed E-state index contributed by atoms with van der Waals surface area (Å²) in [5, 5.41) is 24.3. The van der Waals surface area contributed by atoms with E-state index in [-0.39, 0.29) is 22.2 Å². The molecule has 1 heterocycles. The zero-order valence-electron chi connectivity index (χ0n) is 15.6. The van der Waals surface area contributed by atoms with Crippen LogP contribution in [0.3, 0.4) is 0 Å². The molecule has 0 aromatic heterocycles. The second-order valence-corrected chi connectivity index (χ2v) is 8.47. The van der Waals surface area contributed by atoms with Crippen molar-refractivity contribution < 1.29 is 14.8 Å². The van der Waals surface area contributed by atoms with Crippen molar-refractivity contribution in [3.63, 3.8) is 0 Å². The van der Waals surface area contributed by atoms with Crippen LogP contribution in [0.15, 0.2) is 36.4 Å². The van der Waals surface area contributed by atoms with Crippen LogP contribution < -0.4 is 5.32 Å². The zero-order chi connectivity index (χ0) is 19.6. The Morgan fingerprint density at radius 1 is 1.18 bits per heavy atom. The number of fused-ring (bicyclic) bond motifs is 7. The fraction of sp³-hybridized carbons (Fsp3) is 0.409. The number of carboxylic acid groups (broad SMARTS) is 1. The minimum Gasteiger partial charge on any atom is -0.478 e. The number of hydrogen-bond acceptors (Lipinski definition) is 4. The van der Waals surface area contributed by atoms with Crippen molar-refractivity contribution in [1.29, 1.82) is 0 Å². The Labute approximate surface area is 162 Å². The molecule has 144 valence electrons. The molecular weight excluding hydrogens is 356 g/mol. The monoisotopic (exact) mass is 378 g/mol. The van der Waals surface area contributed by atoms with Gasteiger partial charge in [0.25, 0.3) is 5.69 Å². The Morgan fingerprint density at radius 3 is 2.57 bits per heavy atom. The lowest BCUT2D eigenvalue weighted by Gasteiger charge is -2.44. The van der Waals surface area contributed by atoms with Gasteiger partial charge in [-0.15, -0.1) is 0 Å². The van der Waals surface area contributed by atoms with E-state index in [9.17, 15) is 20.0 Å². The molecule has 2 aliphatic carbocycles. The predicted octanol–water partition coefficient (Wildman–Crippen LogP) is 4.90. The summed E-state index contributed by atoms with van der Waals surface area (Å²) in [6.45, 7) is 1.93. The van der Waals surface area contributed by atoms with E-state index in [1.165, 1.54) is 19.3 Å². The highest BCUT2D eigenvalue weighted by Gasteiger charge is 2.54. The van der Waals surface area contributed by atoms with E-state index >= 15 is 0 Å². The Morgan fingerprint density at radius 2 is 1.89 bits per heavy atom. The van der Waals surface area contributed by atoms with Crippen molar-refractivity contribution in [2.45, 2.75) is 38.1 Å². The van der Waals surface area contributed by atoms with Crippen molar-refractivity contribution >= 4 is 17.3 Å². The quantitative estimate of drug-likeness (QED) is 0.585. The number of carbonyl (C=O) groups is 1. The van der Waals surface area contributed by atoms with Crippen LogP contribution in [0.5, 0.6) is 0 Å². The third-order valence-electron chi connectivity index (χ3n) is 7.10. The van der Waals surface area contributed by atoms with E-state index in [4.69, 9.17) is 0 Å². The number of aromatic carboxylic acids is 1. The van der Waals surface area contributed by atoms with E-state index in [0.29, 0.717) is 23.7 Å². The molecule has 2 fully saturated rings. The fourth-order valence-electron chi connectivity index (χ4n) is 6.03. The first-order valence-electron chi connectivity index (χ1n) is 9.82. The van der Waals surface area contributed by atoms with Gasteiger partial charge in [-0.1, -0.05) is 12.1 Å². The third kappa shape index (κ3) is 2.44. The summed E-state index contributed by atoms with van der Waals surface area (Å²) in [5.74, 6) is 0.993. The minimum absolute atomic E-state index is 0.107. The number of carboxylic acids is 1. The summed E-state index contributed by atoms with van der Waals surface area (Å²) in [4.78, 5) is 22.3. The molecule has 5 atom stereocenters. The number of nitrogens with zero attached hydrogens (tertiary/aromatic N) is 1. The van der Waals surface area contributed by atoms with Gasteiger partial charge >= 0.3 is 5.97 Å². The van der Waals surface area contributed by atoms with E-state index in [1.54, 1.807) is 24.3 Å². The molecule has 0 unspecified atom stereocenters. The molecular formula is C22H22N2O4. The normalized spacial score (nSPS) is 29.7. The molecule has 1 aliphatic heterocycles. The lowest BCUT2D eigenvalue weighted by molar-refractivity contribution is -0.385. The van der Waals surface area contributed by atoms with Gasteiger partial charge in [-0.2, -0.15) is 0 Å². The number of non-ortho nitro benzene ring substituents is 1. The topological polar surface area (TPSA) is 92.5 Å². The number of nitro benzene ring substituents is 1. The summed E-state index contributed by atoms with van der Waals surface area (Å²) >= 11 is 0. The predicted molar refractivity (Wildman–Crippen MR) is 105 cm³/mol. The highest BCUT2D eigenvalue weighted by Crippen LogP contribution is 2.64. The maximum Gasteiger partial charge on any atom is 0.335 e. The van der Waals surface area contributed by atoms with Gasteiger partial charge in [-0.3, -0.25) is 10.1 Å². The maximum absolute atomic E-state index is 11.4. The first kappa shape index (κ1) is 17.2. The highest BCUT2D eigenvalue weighted by molar-refractivity contribution is 5.87. The minimum atomic E-state index is -0.922. The summed E-state index contributed by atoms with van der Waals surface area (Å²) in [6.07, 6.45) is 3.58. The third-order valence-corrected chi connectivity index (χ3v) is 7.10. The van der Waals surface area contributed by atoms with Gasteiger partial charge in [0, 0.05) is 17.8 Å². The van der Waals surface area contributed by atoms with Crippen LogP contribution in [-0.4, -0.2) is 16.0 Å². The Kier molecular flexibility index (Phi) is 3.73. The SMILES string of the molecule is Cc1cc([N+](=O)[O-])cc2c1N[C@H](c1ccc(C(=O)O)cc1)[C@@H]1[C@H]3CC[C@@H](C3)[C@H]21. The van der Waals surface area contributed by atoms with E-state index < -0.39 is 5.97 Å². The first-order valence-corrected chi connectivity index (χ1v) is 9.82. The van der Waals surface area contributed by atoms with Crippen LogP contribution in [0, 0.1) is 34.8 Å². The number of rotatable bonds is 3. The summed E-state index contributed by atoms with van der Waals surface area (Å²) in [5.41, 5.74) is 4.57. The molecule has 0 radical (unpaired) electrons. The van der Waals surface area contributed by atoms with Gasteiger partial charge in [0.1, 0.15) is 0 Å². The van der Waals surface area contributed by atoms with Crippen LogP contribution in [0.4, 0.5) is 11.4 Å². The van der Waals surface area contributed by atoms with Crippen LogP contribution >= 0.6 is 0 Å². The van der Waals surface area contributed by atoms with E-state index in [1.807, 2.05) is 19.1 Å². The average molecular weight is 378 g/mol. The number of hydrogen-bond donors (Lipinski definition) is 2. The van der Waals surface area contributed by atoms with E-state index in [0.717, 1.165) is 22.4 Å². The first-order chi connectivity index (χ1) is 13.4. The fourth-order valence-corrected chi connectivity index (χ4v) is 6.03. The van der Waals surface area contributed by atoms with Gasteiger partial charge < -0.3 is 10.4 Å². The molecule has 28 heavy (non-hydrogen) atoms. The largest absolute Gasteiger partial charge is 0.478 e. The van der Waals surface area contributed by atoms with Gasteiger partial charge in [0.05, 0.1) is 16.5 Å². The van der Waals surface area contributed by atoms with E-state index in [2.05, 4.69) is 5.32 Å². The van der Waals surface area contributed by atoms with Crippen LogP contribution in [0.1, 0.15) is 58.3 Å². The molecule has 6 heteroatoms. The van der Waals surface area contributed by atoms with Crippen molar-refractivity contribution in [3.05, 3.63) is 68.8 Å². The Bertz CT molecular complexity index is 985. The van der Waals surface area contributed by atoms with Crippen molar-refractivity contribution in [1.82, 2.24) is 0 Å². The van der Waals surface area contributed by atoms with Gasteiger partial charge in [-0.25, -0.2) is 4.79 Å². The molecule has 2 aromatic rings. The Balaban J connectivity index is 1.62. The zero-order valence-corrected chi connectivity index (χ0v) is 15.6. The molecule has 2 saturated carbocycles. The second kappa shape index (κ2) is 6.06. The van der Waals surface area contributed by atoms with Crippen molar-refractivity contribution in [3.8, 4) is 0 Å². The molecule has 5 rings (SSSR count). The molecule has 0 amide bonds. The second-order valence-electron chi connectivity index (χ2n) is 8.47. The van der Waals surface area contributed by atoms with Crippen LogP contribution in [0.2, 0.25) is 0 Å². The molecule has 0 spiro atoms. The summed E-state index contributed by atoms with van der Waals surface area (Å²) < 4.78 is 0. The maximum atomic E-state index is 11.4. The molecule has 2 N–H and O–H groups in total. The molecule has 3 aliphatic rings. The van der Waals surface area contributed by atoms with Crippen molar-refractivity contribution in [2.24, 2.45) is 17.8 Å². The number of anilines is 1. The molecule has 6 nitrogen and oxygen atoms in total. The van der Waals surface area contributed by atoms with Gasteiger partial charge in [0.2, 0.25) is 0 Å². The lowest BCUT2D eigenvalue weighted by atomic mass is 9.67. The molecule has 0 saturated heterocycles.